The highest BCUT2D eigenvalue weighted by Crippen LogP contribution is 2.30. The van der Waals surface area contributed by atoms with Gasteiger partial charge in [0.1, 0.15) is 5.02 Å². The number of benzene rings is 2. The minimum atomic E-state index is -0.221. The second-order valence-corrected chi connectivity index (χ2v) is 9.04. The highest BCUT2D eigenvalue weighted by Gasteiger charge is 2.23. The van der Waals surface area contributed by atoms with Crippen molar-refractivity contribution in [1.82, 2.24) is 25.1 Å². The molecule has 0 aliphatic carbocycles. The predicted molar refractivity (Wildman–Crippen MR) is 143 cm³/mol. The Morgan fingerprint density at radius 3 is 2.61 bits per heavy atom. The monoisotopic (exact) mass is 508 g/mol. The zero-order valence-electron chi connectivity index (χ0n) is 20.7. The van der Waals surface area contributed by atoms with Crippen molar-refractivity contribution in [2.75, 3.05) is 56.8 Å². The number of aromatic nitrogens is 2. The topological polar surface area (TPSA) is 106 Å². The zero-order valence-corrected chi connectivity index (χ0v) is 21.4. The second kappa shape index (κ2) is 10.7. The van der Waals surface area contributed by atoms with Gasteiger partial charge in [0, 0.05) is 59.2 Å². The van der Waals surface area contributed by atoms with Crippen LogP contribution in [0.2, 0.25) is 5.02 Å². The van der Waals surface area contributed by atoms with Crippen molar-refractivity contribution in [3.05, 3.63) is 64.8 Å². The van der Waals surface area contributed by atoms with Crippen LogP contribution >= 0.6 is 11.6 Å². The van der Waals surface area contributed by atoms with Crippen LogP contribution in [0.1, 0.15) is 15.9 Å². The maximum atomic E-state index is 12.5. The number of amides is 3. The summed E-state index contributed by atoms with van der Waals surface area (Å²) in [6.45, 7) is 1.89. The molecule has 36 heavy (non-hydrogen) atoms. The van der Waals surface area contributed by atoms with Gasteiger partial charge < -0.3 is 30.7 Å². The number of hydrogen-bond acceptors (Lipinski definition) is 7. The Bertz CT molecular complexity index is 1280. The number of halogens is 1. The quantitative estimate of drug-likeness (QED) is 0.479. The number of anilines is 5. The Morgan fingerprint density at radius 1 is 1.08 bits per heavy atom. The average Bonchev–Trinajstić information content (AvgIpc) is 3.04. The minimum Gasteiger partial charge on any atom is -0.372 e. The van der Waals surface area contributed by atoms with E-state index < -0.39 is 0 Å². The van der Waals surface area contributed by atoms with E-state index in [0.29, 0.717) is 47.7 Å². The lowest BCUT2D eigenvalue weighted by atomic mass is 10.1. The van der Waals surface area contributed by atoms with E-state index in [2.05, 4.69) is 30.8 Å². The first-order valence-corrected chi connectivity index (χ1v) is 11.8. The fraction of sp³-hybridized carbons (Fsp3) is 0.280. The van der Waals surface area contributed by atoms with Gasteiger partial charge in [-0.25, -0.2) is 9.78 Å². The van der Waals surface area contributed by atoms with Crippen molar-refractivity contribution in [2.45, 2.75) is 6.54 Å². The van der Waals surface area contributed by atoms with Crippen LogP contribution in [0.3, 0.4) is 0 Å². The number of carbonyl (C=O) groups excluding carboxylic acids is 2. The van der Waals surface area contributed by atoms with Crippen molar-refractivity contribution in [2.24, 2.45) is 0 Å². The van der Waals surface area contributed by atoms with Crippen molar-refractivity contribution >= 4 is 52.4 Å². The third kappa shape index (κ3) is 5.44. The summed E-state index contributed by atoms with van der Waals surface area (Å²) in [6.07, 6.45) is 1.50. The molecule has 0 saturated heterocycles. The maximum absolute atomic E-state index is 12.5. The largest absolute Gasteiger partial charge is 0.372 e. The number of para-hydroxylation sites is 1. The Kier molecular flexibility index (Phi) is 7.44. The molecule has 188 valence electrons. The summed E-state index contributed by atoms with van der Waals surface area (Å²) in [5.41, 5.74) is 3.93. The number of urea groups is 1. The summed E-state index contributed by atoms with van der Waals surface area (Å²) < 4.78 is 0. The number of hydrogen-bond donors (Lipinski definition) is 3. The van der Waals surface area contributed by atoms with Crippen molar-refractivity contribution in [3.63, 3.8) is 0 Å². The molecule has 1 aliphatic rings. The molecule has 3 N–H and O–H groups in total. The second-order valence-electron chi connectivity index (χ2n) is 8.63. The first-order valence-electron chi connectivity index (χ1n) is 11.4. The Hall–Kier alpha value is -4.05. The molecule has 0 saturated carbocycles. The van der Waals surface area contributed by atoms with Crippen LogP contribution in [0.25, 0.3) is 0 Å². The van der Waals surface area contributed by atoms with Crippen LogP contribution in [0.15, 0.2) is 48.7 Å². The smallest absolute Gasteiger partial charge is 0.319 e. The van der Waals surface area contributed by atoms with Crippen LogP contribution in [0, 0.1) is 0 Å². The SMILES string of the molecule is CNC(=O)c1ccccc1Nc1nc(Nc2ccc3c(c2)N(C)CCN(C(=O)N(C)C)C3)ncc1Cl. The minimum absolute atomic E-state index is 0.00830. The van der Waals surface area contributed by atoms with Gasteiger partial charge >= 0.3 is 6.03 Å². The van der Waals surface area contributed by atoms with E-state index in [4.69, 9.17) is 11.6 Å². The standard InChI is InChI=1S/C25H29ClN8O2/c1-27-23(35)18-7-5-6-8-20(18)30-22-19(26)14-28-24(31-22)29-17-10-9-16-15-34(25(36)32(2)3)12-11-33(4)21(16)13-17/h5-10,13-14H,11-12,15H2,1-4H3,(H,27,35)(H2,28,29,30,31). The normalized spacial score (nSPS) is 12.9. The van der Waals surface area contributed by atoms with Gasteiger partial charge in [-0.05, 0) is 29.8 Å². The molecule has 0 spiro atoms. The molecular weight excluding hydrogens is 480 g/mol. The third-order valence-corrected chi connectivity index (χ3v) is 6.14. The van der Waals surface area contributed by atoms with E-state index >= 15 is 0 Å². The number of nitrogens with one attached hydrogen (secondary N) is 3. The van der Waals surface area contributed by atoms with Crippen molar-refractivity contribution in [3.8, 4) is 0 Å². The van der Waals surface area contributed by atoms with E-state index in [1.54, 1.807) is 44.2 Å². The Balaban J connectivity index is 1.57. The van der Waals surface area contributed by atoms with Gasteiger partial charge in [0.2, 0.25) is 5.95 Å². The van der Waals surface area contributed by atoms with E-state index in [9.17, 15) is 9.59 Å². The predicted octanol–water partition coefficient (Wildman–Crippen LogP) is 3.91. The molecule has 3 amide bonds. The van der Waals surface area contributed by atoms with Gasteiger partial charge in [-0.1, -0.05) is 29.8 Å². The van der Waals surface area contributed by atoms with E-state index in [1.807, 2.05) is 36.2 Å². The third-order valence-electron chi connectivity index (χ3n) is 5.87. The molecule has 0 radical (unpaired) electrons. The number of fused-ring (bicyclic) bond motifs is 1. The lowest BCUT2D eigenvalue weighted by Gasteiger charge is -2.24. The van der Waals surface area contributed by atoms with Crippen LogP contribution < -0.4 is 20.9 Å². The summed E-state index contributed by atoms with van der Waals surface area (Å²) >= 11 is 6.35. The molecule has 0 atom stereocenters. The molecule has 2 heterocycles. The van der Waals surface area contributed by atoms with Gasteiger partial charge in [-0.3, -0.25) is 4.79 Å². The first-order chi connectivity index (χ1) is 17.3. The molecule has 2 aromatic carbocycles. The highest BCUT2D eigenvalue weighted by molar-refractivity contribution is 6.33. The summed E-state index contributed by atoms with van der Waals surface area (Å²) in [4.78, 5) is 39.1. The zero-order chi connectivity index (χ0) is 25.8. The fourth-order valence-corrected chi connectivity index (χ4v) is 4.09. The first kappa shape index (κ1) is 25.1. The highest BCUT2D eigenvalue weighted by atomic mass is 35.5. The van der Waals surface area contributed by atoms with Crippen molar-refractivity contribution < 1.29 is 9.59 Å². The summed E-state index contributed by atoms with van der Waals surface area (Å²) in [5.74, 6) is 0.497. The van der Waals surface area contributed by atoms with Crippen LogP contribution in [-0.4, -0.2) is 73.0 Å². The lowest BCUT2D eigenvalue weighted by Crippen LogP contribution is -2.40. The van der Waals surface area contributed by atoms with Gasteiger partial charge in [0.25, 0.3) is 5.91 Å². The van der Waals surface area contributed by atoms with Crippen LogP contribution in [0.5, 0.6) is 0 Å². The summed E-state index contributed by atoms with van der Waals surface area (Å²) in [5, 5.41) is 9.32. The number of rotatable bonds is 5. The van der Waals surface area contributed by atoms with Gasteiger partial charge in [-0.2, -0.15) is 4.98 Å². The average molecular weight is 509 g/mol. The summed E-state index contributed by atoms with van der Waals surface area (Å²) in [6, 6.07) is 13.1. The maximum Gasteiger partial charge on any atom is 0.319 e. The molecule has 0 bridgehead atoms. The van der Waals surface area contributed by atoms with E-state index in [1.165, 1.54) is 6.20 Å². The van der Waals surface area contributed by atoms with E-state index in [-0.39, 0.29) is 11.9 Å². The van der Waals surface area contributed by atoms with Gasteiger partial charge in [-0.15, -0.1) is 0 Å². The Labute approximate surface area is 215 Å². The van der Waals surface area contributed by atoms with E-state index in [0.717, 1.165) is 16.9 Å². The summed E-state index contributed by atoms with van der Waals surface area (Å²) in [7, 11) is 7.11. The van der Waals surface area contributed by atoms with Crippen LogP contribution in [0.4, 0.5) is 33.6 Å². The van der Waals surface area contributed by atoms with Crippen molar-refractivity contribution in [1.29, 1.82) is 0 Å². The van der Waals surface area contributed by atoms with Gasteiger partial charge in [0.05, 0.1) is 17.4 Å². The Morgan fingerprint density at radius 2 is 1.86 bits per heavy atom. The van der Waals surface area contributed by atoms with Crippen LogP contribution in [-0.2, 0) is 6.54 Å². The molecule has 11 heteroatoms. The fourth-order valence-electron chi connectivity index (χ4n) is 3.95. The number of nitrogens with zero attached hydrogens (tertiary/aromatic N) is 5. The molecule has 1 aromatic heterocycles. The molecule has 3 aromatic rings. The van der Waals surface area contributed by atoms with Gasteiger partial charge in [0.15, 0.2) is 5.82 Å². The molecule has 0 fully saturated rings. The molecule has 0 unspecified atom stereocenters. The molecule has 10 nitrogen and oxygen atoms in total. The molecule has 4 rings (SSSR count). The molecular formula is C25H29ClN8O2. The number of likely N-dealkylation sites (N-methyl/N-ethyl adjacent to an activating group) is 1. The molecule has 1 aliphatic heterocycles. The number of carbonyl (C=O) groups is 2. The lowest BCUT2D eigenvalue weighted by molar-refractivity contribution is 0.0964.